The molecule has 2 N–H and O–H groups in total. The van der Waals surface area contributed by atoms with Gasteiger partial charge in [0.15, 0.2) is 6.04 Å². The number of thioether (sulfide) groups is 1. The smallest absolute Gasteiger partial charge is 0.277 e. The van der Waals surface area contributed by atoms with Crippen LogP contribution < -0.4 is 5.32 Å². The maximum absolute atomic E-state index is 5.59. The summed E-state index contributed by atoms with van der Waals surface area (Å²) in [5, 5.41) is 11.6. The Morgan fingerprint density at radius 3 is 3.00 bits per heavy atom. The van der Waals surface area contributed by atoms with Gasteiger partial charge in [-0.05, 0) is 0 Å². The van der Waals surface area contributed by atoms with Gasteiger partial charge >= 0.3 is 0 Å². The van der Waals surface area contributed by atoms with Gasteiger partial charge in [-0.2, -0.15) is 0 Å². The molecule has 4 nitrogen and oxygen atoms in total. The summed E-state index contributed by atoms with van der Waals surface area (Å²) < 4.78 is 5.59. The number of quaternary nitrogens is 1. The maximum Gasteiger partial charge on any atom is 0.277 e. The highest BCUT2D eigenvalue weighted by molar-refractivity contribution is 7.99. The SMILES string of the molecule is CC(C)Sc1nnc([C@H]2CCC[NH2+]2)o1. The Morgan fingerprint density at radius 1 is 1.50 bits per heavy atom. The Balaban J connectivity index is 2.01. The highest BCUT2D eigenvalue weighted by Gasteiger charge is 2.26. The number of hydrogen-bond donors (Lipinski definition) is 1. The molecular formula is C9H16N3OS+. The van der Waals surface area contributed by atoms with E-state index in [0.717, 1.165) is 12.3 Å². The van der Waals surface area contributed by atoms with E-state index < -0.39 is 0 Å². The van der Waals surface area contributed by atoms with Crippen LogP contribution in [0.4, 0.5) is 0 Å². The van der Waals surface area contributed by atoms with Gasteiger partial charge in [0.2, 0.25) is 0 Å². The Bertz CT molecular complexity index is 294. The van der Waals surface area contributed by atoms with Crippen LogP contribution in [0.1, 0.15) is 38.6 Å². The average Bonchev–Trinajstić information content (AvgIpc) is 2.69. The lowest BCUT2D eigenvalue weighted by atomic mass is 10.2. The van der Waals surface area contributed by atoms with Gasteiger partial charge in [-0.25, -0.2) is 0 Å². The molecule has 0 saturated carbocycles. The molecule has 1 fully saturated rings. The number of rotatable bonds is 3. The standard InChI is InChI=1S/C9H15N3OS/c1-6(2)14-9-12-11-8(13-9)7-4-3-5-10-7/h6-7,10H,3-5H2,1-2H3/p+1/t7-/m1/s1. The van der Waals surface area contributed by atoms with E-state index >= 15 is 0 Å². The molecular weight excluding hydrogens is 198 g/mol. The molecule has 0 radical (unpaired) electrons. The van der Waals surface area contributed by atoms with E-state index in [9.17, 15) is 0 Å². The van der Waals surface area contributed by atoms with Crippen LogP contribution >= 0.6 is 11.8 Å². The Morgan fingerprint density at radius 2 is 2.36 bits per heavy atom. The van der Waals surface area contributed by atoms with Crippen LogP contribution in [-0.4, -0.2) is 22.0 Å². The minimum atomic E-state index is 0.406. The van der Waals surface area contributed by atoms with Crippen LogP contribution in [0, 0.1) is 0 Å². The summed E-state index contributed by atoms with van der Waals surface area (Å²) in [7, 11) is 0. The van der Waals surface area contributed by atoms with Crippen LogP contribution in [0.25, 0.3) is 0 Å². The van der Waals surface area contributed by atoms with E-state index in [1.807, 2.05) is 0 Å². The van der Waals surface area contributed by atoms with Gasteiger partial charge in [0, 0.05) is 18.1 Å². The van der Waals surface area contributed by atoms with Gasteiger partial charge in [-0.3, -0.25) is 0 Å². The molecule has 1 saturated heterocycles. The highest BCUT2D eigenvalue weighted by Crippen LogP contribution is 2.24. The first-order valence-corrected chi connectivity index (χ1v) is 5.97. The molecule has 0 bridgehead atoms. The van der Waals surface area contributed by atoms with Crippen molar-refractivity contribution in [3.05, 3.63) is 5.89 Å². The van der Waals surface area contributed by atoms with Crippen LogP contribution in [0.15, 0.2) is 9.64 Å². The first-order chi connectivity index (χ1) is 6.75. The zero-order chi connectivity index (χ0) is 9.97. The second kappa shape index (κ2) is 4.31. The summed E-state index contributed by atoms with van der Waals surface area (Å²) in [6.07, 6.45) is 2.41. The zero-order valence-electron chi connectivity index (χ0n) is 8.56. The molecule has 0 amide bonds. The van der Waals surface area contributed by atoms with Crippen molar-refractivity contribution < 1.29 is 9.73 Å². The first-order valence-electron chi connectivity index (χ1n) is 5.09. The van der Waals surface area contributed by atoms with E-state index in [1.165, 1.54) is 13.0 Å². The van der Waals surface area contributed by atoms with Crippen molar-refractivity contribution in [3.8, 4) is 0 Å². The van der Waals surface area contributed by atoms with Crippen LogP contribution in [-0.2, 0) is 0 Å². The second-order valence-electron chi connectivity index (χ2n) is 3.85. The zero-order valence-corrected chi connectivity index (χ0v) is 9.38. The van der Waals surface area contributed by atoms with E-state index in [1.54, 1.807) is 11.8 Å². The van der Waals surface area contributed by atoms with Gasteiger partial charge in [0.1, 0.15) is 0 Å². The molecule has 1 aromatic heterocycles. The van der Waals surface area contributed by atoms with Crippen molar-refractivity contribution in [3.63, 3.8) is 0 Å². The maximum atomic E-state index is 5.59. The molecule has 1 atom stereocenters. The molecule has 5 heteroatoms. The van der Waals surface area contributed by atoms with E-state index in [0.29, 0.717) is 16.5 Å². The summed E-state index contributed by atoms with van der Waals surface area (Å²) in [4.78, 5) is 0. The monoisotopic (exact) mass is 214 g/mol. The predicted molar refractivity (Wildman–Crippen MR) is 54.1 cm³/mol. The van der Waals surface area contributed by atoms with Gasteiger partial charge in [0.25, 0.3) is 11.1 Å². The van der Waals surface area contributed by atoms with E-state index in [-0.39, 0.29) is 0 Å². The molecule has 0 unspecified atom stereocenters. The number of hydrogen-bond acceptors (Lipinski definition) is 4. The first kappa shape index (κ1) is 9.98. The summed E-state index contributed by atoms with van der Waals surface area (Å²) in [6, 6.07) is 0.406. The summed E-state index contributed by atoms with van der Waals surface area (Å²) >= 11 is 1.62. The molecule has 2 heterocycles. The average molecular weight is 214 g/mol. The van der Waals surface area contributed by atoms with Crippen LogP contribution in [0.3, 0.4) is 0 Å². The third-order valence-electron chi connectivity index (χ3n) is 2.25. The fourth-order valence-corrected chi connectivity index (χ4v) is 2.24. The summed E-state index contributed by atoms with van der Waals surface area (Å²) in [6.45, 7) is 5.42. The summed E-state index contributed by atoms with van der Waals surface area (Å²) in [5.74, 6) is 0.797. The van der Waals surface area contributed by atoms with Crippen molar-refractivity contribution in [2.45, 2.75) is 43.2 Å². The molecule has 0 spiro atoms. The van der Waals surface area contributed by atoms with Crippen molar-refractivity contribution in [1.29, 1.82) is 0 Å². The molecule has 0 aliphatic carbocycles. The Labute approximate surface area is 87.9 Å². The molecule has 1 aliphatic heterocycles. The minimum Gasteiger partial charge on any atom is -0.410 e. The van der Waals surface area contributed by atoms with Gasteiger partial charge in [-0.1, -0.05) is 25.6 Å². The van der Waals surface area contributed by atoms with Gasteiger partial charge in [-0.15, -0.1) is 10.2 Å². The second-order valence-corrected chi connectivity index (χ2v) is 5.37. The lowest BCUT2D eigenvalue weighted by Crippen LogP contribution is -2.81. The lowest BCUT2D eigenvalue weighted by molar-refractivity contribution is -0.678. The lowest BCUT2D eigenvalue weighted by Gasteiger charge is -1.99. The van der Waals surface area contributed by atoms with Crippen LogP contribution in [0.5, 0.6) is 0 Å². The molecule has 1 aromatic rings. The Hall–Kier alpha value is -0.550. The van der Waals surface area contributed by atoms with Gasteiger partial charge in [0.05, 0.1) is 6.54 Å². The van der Waals surface area contributed by atoms with E-state index in [4.69, 9.17) is 4.42 Å². The number of nitrogens with zero attached hydrogens (tertiary/aromatic N) is 2. The fourth-order valence-electron chi connectivity index (χ4n) is 1.62. The fraction of sp³-hybridized carbons (Fsp3) is 0.778. The van der Waals surface area contributed by atoms with E-state index in [2.05, 4.69) is 29.4 Å². The number of nitrogens with two attached hydrogens (primary N) is 1. The number of aromatic nitrogens is 2. The topological polar surface area (TPSA) is 55.5 Å². The third-order valence-corrected chi connectivity index (χ3v) is 3.08. The normalized spacial score (nSPS) is 22.1. The molecule has 1 aliphatic rings. The quantitative estimate of drug-likeness (QED) is 0.762. The van der Waals surface area contributed by atoms with Gasteiger partial charge < -0.3 is 9.73 Å². The molecule has 0 aromatic carbocycles. The molecule has 2 rings (SSSR count). The summed E-state index contributed by atoms with van der Waals surface area (Å²) in [5.41, 5.74) is 0. The minimum absolute atomic E-state index is 0.406. The highest BCUT2D eigenvalue weighted by atomic mass is 32.2. The van der Waals surface area contributed by atoms with Crippen molar-refractivity contribution in [2.75, 3.05) is 6.54 Å². The largest absolute Gasteiger partial charge is 0.410 e. The Kier molecular flexibility index (Phi) is 3.08. The molecule has 14 heavy (non-hydrogen) atoms. The van der Waals surface area contributed by atoms with Crippen molar-refractivity contribution in [2.24, 2.45) is 0 Å². The predicted octanol–water partition coefficient (Wildman–Crippen LogP) is 0.968. The van der Waals surface area contributed by atoms with Crippen LogP contribution in [0.2, 0.25) is 0 Å². The van der Waals surface area contributed by atoms with Crippen molar-refractivity contribution >= 4 is 11.8 Å². The molecule has 78 valence electrons. The van der Waals surface area contributed by atoms with Crippen molar-refractivity contribution in [1.82, 2.24) is 10.2 Å². The third kappa shape index (κ3) is 2.27.